The van der Waals surface area contributed by atoms with Crippen molar-refractivity contribution >= 4 is 5.91 Å². The zero-order valence-electron chi connectivity index (χ0n) is 13.2. The number of aryl methyl sites for hydroxylation is 1. The number of aromatic nitrogens is 1. The van der Waals surface area contributed by atoms with E-state index in [0.29, 0.717) is 12.5 Å². The smallest absolute Gasteiger partial charge is 0.253 e. The van der Waals surface area contributed by atoms with Gasteiger partial charge in [-0.1, -0.05) is 23.8 Å². The van der Waals surface area contributed by atoms with E-state index in [1.54, 1.807) is 6.07 Å². The minimum absolute atomic E-state index is 0.0792. The number of amides is 1. The number of carbonyl (C=O) groups excluding carboxylic acids is 1. The maximum absolute atomic E-state index is 12.8. The second-order valence-electron chi connectivity index (χ2n) is 6.77. The molecule has 2 bridgehead atoms. The molecule has 1 aromatic carbocycles. The molecular formula is C19H20N2O2. The number of carbonyl (C=O) groups is 1. The van der Waals surface area contributed by atoms with Crippen molar-refractivity contribution in [1.82, 2.24) is 9.47 Å². The molecule has 1 aromatic heterocycles. The molecule has 0 radical (unpaired) electrons. The first-order valence-electron chi connectivity index (χ1n) is 8.17. The molecular weight excluding hydrogens is 288 g/mol. The van der Waals surface area contributed by atoms with Crippen LogP contribution in [0.5, 0.6) is 0 Å². The van der Waals surface area contributed by atoms with Gasteiger partial charge in [0.15, 0.2) is 0 Å². The second-order valence-corrected chi connectivity index (χ2v) is 6.77. The van der Waals surface area contributed by atoms with Crippen LogP contribution in [0.3, 0.4) is 0 Å². The normalized spacial score (nSPS) is 22.6. The van der Waals surface area contributed by atoms with Gasteiger partial charge in [0.2, 0.25) is 0 Å². The van der Waals surface area contributed by atoms with Crippen molar-refractivity contribution in [3.05, 3.63) is 69.6 Å². The van der Waals surface area contributed by atoms with Crippen molar-refractivity contribution in [1.29, 1.82) is 0 Å². The molecule has 23 heavy (non-hydrogen) atoms. The Hall–Kier alpha value is -2.36. The first-order valence-corrected chi connectivity index (χ1v) is 8.17. The lowest BCUT2D eigenvalue weighted by Gasteiger charge is -2.42. The number of benzene rings is 1. The van der Waals surface area contributed by atoms with Crippen LogP contribution in [0.15, 0.2) is 47.3 Å². The molecule has 0 aliphatic carbocycles. The Bertz CT molecular complexity index is 807. The Kier molecular flexibility index (Phi) is 3.33. The highest BCUT2D eigenvalue weighted by molar-refractivity contribution is 5.94. The van der Waals surface area contributed by atoms with Crippen LogP contribution in [0.4, 0.5) is 0 Å². The molecule has 0 N–H and O–H groups in total. The zero-order chi connectivity index (χ0) is 16.0. The summed E-state index contributed by atoms with van der Waals surface area (Å²) in [5.74, 6) is 0.743. The van der Waals surface area contributed by atoms with Gasteiger partial charge in [-0.2, -0.15) is 0 Å². The number of piperidine rings is 1. The van der Waals surface area contributed by atoms with Crippen LogP contribution >= 0.6 is 0 Å². The van der Waals surface area contributed by atoms with E-state index in [-0.39, 0.29) is 17.4 Å². The van der Waals surface area contributed by atoms with E-state index < -0.39 is 0 Å². The van der Waals surface area contributed by atoms with E-state index >= 15 is 0 Å². The molecule has 2 aromatic rings. The summed E-state index contributed by atoms with van der Waals surface area (Å²) in [5.41, 5.74) is 3.07. The standard InChI is InChI=1S/C19H20N2O2/c1-13-5-7-15(8-6-13)19(23)20-10-14-9-16(12-20)17-3-2-4-18(22)21(17)11-14/h2-8,14,16H,9-12H2,1H3/t14-,16+/m1/s1. The maximum atomic E-state index is 12.8. The van der Waals surface area contributed by atoms with E-state index in [0.717, 1.165) is 36.3 Å². The Balaban J connectivity index is 1.62. The van der Waals surface area contributed by atoms with Gasteiger partial charge in [-0.3, -0.25) is 9.59 Å². The van der Waals surface area contributed by atoms with Crippen LogP contribution in [-0.4, -0.2) is 28.5 Å². The summed E-state index contributed by atoms with van der Waals surface area (Å²) in [5, 5.41) is 0. The largest absolute Gasteiger partial charge is 0.338 e. The molecule has 1 saturated heterocycles. The average Bonchev–Trinajstić information content (AvgIpc) is 2.56. The number of likely N-dealkylation sites (tertiary alicyclic amines) is 1. The molecule has 4 nitrogen and oxygen atoms in total. The zero-order valence-corrected chi connectivity index (χ0v) is 13.2. The number of nitrogens with zero attached hydrogens (tertiary/aromatic N) is 2. The molecule has 2 aliphatic heterocycles. The lowest BCUT2D eigenvalue weighted by Crippen LogP contribution is -2.49. The topological polar surface area (TPSA) is 42.3 Å². The summed E-state index contributed by atoms with van der Waals surface area (Å²) in [6.45, 7) is 4.19. The van der Waals surface area contributed by atoms with Crippen molar-refractivity contribution in [3.8, 4) is 0 Å². The SMILES string of the molecule is Cc1ccc(C(=O)N2C[C@H]3C[C@@H](C2)c2cccc(=O)n2C3)cc1. The van der Waals surface area contributed by atoms with Gasteiger partial charge in [-0.05, 0) is 37.5 Å². The fourth-order valence-corrected chi connectivity index (χ4v) is 3.94. The van der Waals surface area contributed by atoms with Crippen LogP contribution in [0.25, 0.3) is 0 Å². The fourth-order valence-electron chi connectivity index (χ4n) is 3.94. The lowest BCUT2D eigenvalue weighted by molar-refractivity contribution is 0.0594. The number of hydrogen-bond donors (Lipinski definition) is 0. The van der Waals surface area contributed by atoms with Gasteiger partial charge in [0.25, 0.3) is 11.5 Å². The Morgan fingerprint density at radius 1 is 1.04 bits per heavy atom. The predicted molar refractivity (Wildman–Crippen MR) is 88.6 cm³/mol. The summed E-state index contributed by atoms with van der Waals surface area (Å²) in [6, 6.07) is 13.2. The van der Waals surface area contributed by atoms with E-state index in [2.05, 4.69) is 0 Å². The summed E-state index contributed by atoms with van der Waals surface area (Å²) in [4.78, 5) is 26.8. The quantitative estimate of drug-likeness (QED) is 0.812. The average molecular weight is 308 g/mol. The molecule has 0 spiro atoms. The monoisotopic (exact) mass is 308 g/mol. The van der Waals surface area contributed by atoms with Crippen LogP contribution in [0, 0.1) is 12.8 Å². The van der Waals surface area contributed by atoms with E-state index in [9.17, 15) is 9.59 Å². The summed E-state index contributed by atoms with van der Waals surface area (Å²) >= 11 is 0. The molecule has 4 rings (SSSR count). The van der Waals surface area contributed by atoms with Crippen molar-refractivity contribution < 1.29 is 4.79 Å². The summed E-state index contributed by atoms with van der Waals surface area (Å²) in [7, 11) is 0. The van der Waals surface area contributed by atoms with Crippen LogP contribution in [0.1, 0.15) is 34.0 Å². The summed E-state index contributed by atoms with van der Waals surface area (Å²) in [6.07, 6.45) is 1.07. The van der Waals surface area contributed by atoms with E-state index in [1.165, 1.54) is 0 Å². The molecule has 1 fully saturated rings. The van der Waals surface area contributed by atoms with E-state index in [1.807, 2.05) is 52.8 Å². The van der Waals surface area contributed by atoms with Gasteiger partial charge in [0.1, 0.15) is 0 Å². The molecule has 2 atom stereocenters. The van der Waals surface area contributed by atoms with Gasteiger partial charge in [0.05, 0.1) is 0 Å². The molecule has 118 valence electrons. The van der Waals surface area contributed by atoms with Gasteiger partial charge >= 0.3 is 0 Å². The third-order valence-corrected chi connectivity index (χ3v) is 5.07. The summed E-state index contributed by atoms with van der Waals surface area (Å²) < 4.78 is 1.90. The van der Waals surface area contributed by atoms with Crippen molar-refractivity contribution in [2.24, 2.45) is 5.92 Å². The second kappa shape index (κ2) is 5.37. The fraction of sp³-hybridized carbons (Fsp3) is 0.368. The molecule has 2 aliphatic rings. The van der Waals surface area contributed by atoms with Crippen LogP contribution < -0.4 is 5.56 Å². The highest BCUT2D eigenvalue weighted by atomic mass is 16.2. The minimum Gasteiger partial charge on any atom is -0.338 e. The molecule has 4 heteroatoms. The first kappa shape index (κ1) is 14.2. The van der Waals surface area contributed by atoms with Crippen LogP contribution in [-0.2, 0) is 6.54 Å². The molecule has 3 heterocycles. The van der Waals surface area contributed by atoms with E-state index in [4.69, 9.17) is 0 Å². The minimum atomic E-state index is 0.0792. The van der Waals surface area contributed by atoms with Crippen molar-refractivity contribution in [3.63, 3.8) is 0 Å². The highest BCUT2D eigenvalue weighted by Gasteiger charge is 2.36. The van der Waals surface area contributed by atoms with Crippen molar-refractivity contribution in [2.45, 2.75) is 25.8 Å². The third-order valence-electron chi connectivity index (χ3n) is 5.07. The van der Waals surface area contributed by atoms with Crippen LogP contribution in [0.2, 0.25) is 0 Å². The van der Waals surface area contributed by atoms with Gasteiger partial charge < -0.3 is 9.47 Å². The predicted octanol–water partition coefficient (Wildman–Crippen LogP) is 2.42. The Morgan fingerprint density at radius 3 is 2.61 bits per heavy atom. The third kappa shape index (κ3) is 2.48. The Morgan fingerprint density at radius 2 is 1.83 bits per heavy atom. The highest BCUT2D eigenvalue weighted by Crippen LogP contribution is 2.35. The molecule has 0 unspecified atom stereocenters. The maximum Gasteiger partial charge on any atom is 0.253 e. The number of rotatable bonds is 1. The van der Waals surface area contributed by atoms with Gasteiger partial charge in [-0.25, -0.2) is 0 Å². The number of fused-ring (bicyclic) bond motifs is 4. The number of hydrogen-bond acceptors (Lipinski definition) is 2. The van der Waals surface area contributed by atoms with Gasteiger partial charge in [-0.15, -0.1) is 0 Å². The van der Waals surface area contributed by atoms with Crippen molar-refractivity contribution in [2.75, 3.05) is 13.1 Å². The first-order chi connectivity index (χ1) is 11.1. The van der Waals surface area contributed by atoms with Gasteiger partial charge in [0, 0.05) is 42.9 Å². The Labute approximate surface area is 135 Å². The number of pyridine rings is 1. The molecule has 1 amide bonds. The molecule has 0 saturated carbocycles. The lowest BCUT2D eigenvalue weighted by atomic mass is 9.83.